The monoisotopic (exact) mass is 314 g/mol. The second-order valence-corrected chi connectivity index (χ2v) is 6.42. The lowest BCUT2D eigenvalue weighted by molar-refractivity contribution is -0.187. The van der Waals surface area contributed by atoms with Crippen LogP contribution in [0.3, 0.4) is 0 Å². The van der Waals surface area contributed by atoms with Gasteiger partial charge in [-0.1, -0.05) is 6.42 Å². The Bertz CT molecular complexity index is 512. The Morgan fingerprint density at radius 1 is 1.23 bits per heavy atom. The van der Waals surface area contributed by atoms with E-state index in [0.29, 0.717) is 19.4 Å². The Balaban J connectivity index is 1.70. The Kier molecular flexibility index (Phi) is 4.19. The molecule has 3 unspecified atom stereocenters. The maximum Gasteiger partial charge on any atom is 0.391 e. The van der Waals surface area contributed by atoms with E-state index in [-0.39, 0.29) is 24.8 Å². The fourth-order valence-corrected chi connectivity index (χ4v) is 3.85. The second-order valence-electron chi connectivity index (χ2n) is 6.42. The van der Waals surface area contributed by atoms with Crippen LogP contribution in [0.15, 0.2) is 18.3 Å². The van der Waals surface area contributed by atoms with Crippen LogP contribution in [0, 0.1) is 11.8 Å². The van der Waals surface area contributed by atoms with E-state index in [9.17, 15) is 18.0 Å². The average molecular weight is 314 g/mol. The predicted molar refractivity (Wildman–Crippen MR) is 76.0 cm³/mol. The molecule has 0 bridgehead atoms. The highest BCUT2D eigenvalue weighted by Crippen LogP contribution is 2.42. The normalized spacial score (nSPS) is 29.8. The molecule has 1 N–H and O–H groups in total. The lowest BCUT2D eigenvalue weighted by Crippen LogP contribution is -2.40. The fraction of sp³-hybridized carbons (Fsp3) is 0.688. The topological polar surface area (TPSA) is 36.1 Å². The van der Waals surface area contributed by atoms with Gasteiger partial charge in [0.05, 0.1) is 12.0 Å². The lowest BCUT2D eigenvalue weighted by Gasteiger charge is -2.34. The minimum atomic E-state index is -4.18. The van der Waals surface area contributed by atoms with E-state index in [0.717, 1.165) is 18.5 Å². The first kappa shape index (κ1) is 15.4. The molecule has 22 heavy (non-hydrogen) atoms. The molecule has 2 fully saturated rings. The summed E-state index contributed by atoms with van der Waals surface area (Å²) in [7, 11) is 0. The van der Waals surface area contributed by atoms with E-state index < -0.39 is 18.0 Å². The van der Waals surface area contributed by atoms with Crippen molar-refractivity contribution in [3.05, 3.63) is 24.0 Å². The van der Waals surface area contributed by atoms with Crippen molar-refractivity contribution in [2.24, 2.45) is 11.8 Å². The second kappa shape index (κ2) is 5.97. The number of aromatic amines is 1. The Morgan fingerprint density at radius 2 is 2.05 bits per heavy atom. The van der Waals surface area contributed by atoms with Gasteiger partial charge in [0.1, 0.15) is 0 Å². The summed E-state index contributed by atoms with van der Waals surface area (Å²) in [6, 6.07) is 3.82. The van der Waals surface area contributed by atoms with Gasteiger partial charge in [-0.2, -0.15) is 13.2 Å². The summed E-state index contributed by atoms with van der Waals surface area (Å²) in [4.78, 5) is 17.6. The number of hydrogen-bond acceptors (Lipinski definition) is 1. The maximum atomic E-state index is 12.9. The molecule has 1 saturated carbocycles. The number of hydrogen-bond donors (Lipinski definition) is 1. The van der Waals surface area contributed by atoms with Gasteiger partial charge in [-0.25, -0.2) is 0 Å². The molecular weight excluding hydrogens is 293 g/mol. The summed E-state index contributed by atoms with van der Waals surface area (Å²) in [6.45, 7) is 0.649. The number of halogens is 3. The standard InChI is InChI=1S/C16H21F3N2O/c17-16(18,19)12-5-1-4-11(10-12)15(22)21-9-3-7-14(21)13-6-2-8-20-13/h2,6,8,11-12,14,20H,1,3-5,7,9-10H2. The Labute approximate surface area is 127 Å². The van der Waals surface area contributed by atoms with Crippen molar-refractivity contribution in [3.8, 4) is 0 Å². The smallest absolute Gasteiger partial charge is 0.363 e. The predicted octanol–water partition coefficient (Wildman–Crippen LogP) is 4.05. The maximum absolute atomic E-state index is 12.9. The minimum absolute atomic E-state index is 0.00577. The molecule has 2 aliphatic rings. The van der Waals surface area contributed by atoms with Crippen LogP contribution < -0.4 is 0 Å². The van der Waals surface area contributed by atoms with Crippen molar-refractivity contribution in [1.82, 2.24) is 9.88 Å². The van der Waals surface area contributed by atoms with Crippen LogP contribution in [0.5, 0.6) is 0 Å². The first-order chi connectivity index (χ1) is 10.5. The van der Waals surface area contributed by atoms with Crippen LogP contribution in [0.4, 0.5) is 13.2 Å². The molecule has 0 radical (unpaired) electrons. The SMILES string of the molecule is O=C(C1CCCC(C(F)(F)F)C1)N1CCCC1c1ccc[nH]1. The van der Waals surface area contributed by atoms with Gasteiger partial charge >= 0.3 is 6.18 Å². The first-order valence-corrected chi connectivity index (χ1v) is 7.97. The number of carbonyl (C=O) groups is 1. The van der Waals surface area contributed by atoms with Crippen LogP contribution >= 0.6 is 0 Å². The number of nitrogens with zero attached hydrogens (tertiary/aromatic N) is 1. The molecule has 3 atom stereocenters. The molecule has 0 aromatic carbocycles. The summed E-state index contributed by atoms with van der Waals surface area (Å²) >= 11 is 0. The minimum Gasteiger partial charge on any atom is -0.363 e. The molecule has 1 amide bonds. The third-order valence-corrected chi connectivity index (χ3v) is 5.00. The number of rotatable bonds is 2. The summed E-state index contributed by atoms with van der Waals surface area (Å²) in [5, 5.41) is 0. The zero-order chi connectivity index (χ0) is 15.7. The number of H-pyrrole nitrogens is 1. The van der Waals surface area contributed by atoms with Crippen molar-refractivity contribution >= 4 is 5.91 Å². The molecule has 1 aromatic heterocycles. The van der Waals surface area contributed by atoms with Gasteiger partial charge in [-0.15, -0.1) is 0 Å². The molecule has 6 heteroatoms. The zero-order valence-corrected chi connectivity index (χ0v) is 12.4. The van der Waals surface area contributed by atoms with Gasteiger partial charge in [0.15, 0.2) is 0 Å². The van der Waals surface area contributed by atoms with E-state index in [4.69, 9.17) is 0 Å². The number of alkyl halides is 3. The van der Waals surface area contributed by atoms with Gasteiger partial charge in [0, 0.05) is 24.4 Å². The molecule has 122 valence electrons. The molecule has 2 heterocycles. The number of amides is 1. The summed E-state index contributed by atoms with van der Waals surface area (Å²) in [5.41, 5.74) is 0.981. The molecule has 1 aliphatic carbocycles. The average Bonchev–Trinajstić information content (AvgIpc) is 3.16. The van der Waals surface area contributed by atoms with Crippen LogP contribution in [-0.2, 0) is 4.79 Å². The third-order valence-electron chi connectivity index (χ3n) is 5.00. The largest absolute Gasteiger partial charge is 0.391 e. The van der Waals surface area contributed by atoms with Crippen molar-refractivity contribution < 1.29 is 18.0 Å². The highest BCUT2D eigenvalue weighted by molar-refractivity contribution is 5.79. The first-order valence-electron chi connectivity index (χ1n) is 7.97. The molecular formula is C16H21F3N2O. The van der Waals surface area contributed by atoms with Crippen molar-refractivity contribution in [2.75, 3.05) is 6.54 Å². The molecule has 3 nitrogen and oxygen atoms in total. The molecule has 3 rings (SSSR count). The van der Waals surface area contributed by atoms with Crippen LogP contribution in [0.2, 0.25) is 0 Å². The quantitative estimate of drug-likeness (QED) is 0.878. The number of carbonyl (C=O) groups excluding carboxylic acids is 1. The number of likely N-dealkylation sites (tertiary alicyclic amines) is 1. The lowest BCUT2D eigenvalue weighted by atomic mass is 9.80. The Hall–Kier alpha value is -1.46. The van der Waals surface area contributed by atoms with E-state index in [1.54, 1.807) is 4.90 Å². The fourth-order valence-electron chi connectivity index (χ4n) is 3.85. The highest BCUT2D eigenvalue weighted by atomic mass is 19.4. The summed E-state index contributed by atoms with van der Waals surface area (Å²) in [6.07, 6.45) is 0.608. The van der Waals surface area contributed by atoms with E-state index >= 15 is 0 Å². The molecule has 1 aliphatic heterocycles. The van der Waals surface area contributed by atoms with Gasteiger partial charge in [0.25, 0.3) is 0 Å². The van der Waals surface area contributed by atoms with Crippen molar-refractivity contribution in [2.45, 2.75) is 50.7 Å². The van der Waals surface area contributed by atoms with Crippen molar-refractivity contribution in [3.63, 3.8) is 0 Å². The van der Waals surface area contributed by atoms with Gasteiger partial charge in [-0.3, -0.25) is 4.79 Å². The zero-order valence-electron chi connectivity index (χ0n) is 12.4. The number of aromatic nitrogens is 1. The van der Waals surface area contributed by atoms with Gasteiger partial charge in [-0.05, 0) is 44.2 Å². The highest BCUT2D eigenvalue weighted by Gasteiger charge is 2.45. The van der Waals surface area contributed by atoms with Crippen LogP contribution in [0.1, 0.15) is 50.3 Å². The summed E-state index contributed by atoms with van der Waals surface area (Å²) in [5.74, 6) is -1.89. The summed E-state index contributed by atoms with van der Waals surface area (Å²) < 4.78 is 38.8. The van der Waals surface area contributed by atoms with Crippen LogP contribution in [-0.4, -0.2) is 28.5 Å². The van der Waals surface area contributed by atoms with Crippen molar-refractivity contribution in [1.29, 1.82) is 0 Å². The molecule has 1 saturated heterocycles. The Morgan fingerprint density at radius 3 is 2.73 bits per heavy atom. The number of nitrogens with one attached hydrogen (secondary N) is 1. The van der Waals surface area contributed by atoms with E-state index in [1.165, 1.54) is 0 Å². The van der Waals surface area contributed by atoms with Crippen LogP contribution in [0.25, 0.3) is 0 Å². The molecule has 1 aromatic rings. The van der Waals surface area contributed by atoms with E-state index in [1.807, 2.05) is 18.3 Å². The molecule has 0 spiro atoms. The third kappa shape index (κ3) is 3.01. The van der Waals surface area contributed by atoms with Gasteiger partial charge in [0.2, 0.25) is 5.91 Å². The van der Waals surface area contributed by atoms with E-state index in [2.05, 4.69) is 4.98 Å². The van der Waals surface area contributed by atoms with Gasteiger partial charge < -0.3 is 9.88 Å².